The second-order valence-corrected chi connectivity index (χ2v) is 6.07. The Balaban J connectivity index is 3.18. The minimum absolute atomic E-state index is 0.531. The molecule has 96 valence electrons. The van der Waals surface area contributed by atoms with Crippen molar-refractivity contribution in [1.82, 2.24) is 4.72 Å². The number of rotatable bonds is 4. The Hall–Kier alpha value is -1.01. The highest BCUT2D eigenvalue weighted by molar-refractivity contribution is 7.89. The maximum absolute atomic E-state index is 13.4. The van der Waals surface area contributed by atoms with E-state index >= 15 is 0 Å². The number of benzene rings is 1. The lowest BCUT2D eigenvalue weighted by atomic mass is 10.0. The van der Waals surface area contributed by atoms with Crippen LogP contribution in [0.4, 0.5) is 8.78 Å². The highest BCUT2D eigenvalue weighted by atomic mass is 32.2. The molecular formula is C11H15F2NO2S. The topological polar surface area (TPSA) is 46.2 Å². The molecule has 0 saturated heterocycles. The molecule has 0 spiro atoms. The van der Waals surface area contributed by atoms with Gasteiger partial charge in [0.2, 0.25) is 10.0 Å². The molecule has 0 aliphatic rings. The molecule has 0 aromatic heterocycles. The van der Waals surface area contributed by atoms with Gasteiger partial charge in [0.25, 0.3) is 0 Å². The van der Waals surface area contributed by atoms with Crippen LogP contribution < -0.4 is 4.72 Å². The van der Waals surface area contributed by atoms with Gasteiger partial charge in [0.05, 0.1) is 0 Å². The third kappa shape index (κ3) is 3.47. The molecule has 1 aromatic rings. The smallest absolute Gasteiger partial charge is 0.207 e. The van der Waals surface area contributed by atoms with E-state index in [1.54, 1.807) is 20.8 Å². The Bertz CT molecular complexity index is 512. The van der Waals surface area contributed by atoms with Gasteiger partial charge in [0.1, 0.15) is 16.5 Å². The van der Waals surface area contributed by atoms with Gasteiger partial charge in [-0.25, -0.2) is 21.9 Å². The first-order valence-electron chi connectivity index (χ1n) is 5.17. The van der Waals surface area contributed by atoms with Crippen LogP contribution in [0.15, 0.2) is 23.1 Å². The lowest BCUT2D eigenvalue weighted by Gasteiger charge is -2.24. The minimum atomic E-state index is -4.05. The highest BCUT2D eigenvalue weighted by Crippen LogP contribution is 2.19. The molecule has 0 bridgehead atoms. The molecule has 0 atom stereocenters. The number of sulfonamides is 1. The normalized spacial score (nSPS) is 12.8. The summed E-state index contributed by atoms with van der Waals surface area (Å²) in [6, 6.07) is 2.34. The van der Waals surface area contributed by atoms with Crippen molar-refractivity contribution in [1.29, 1.82) is 0 Å². The van der Waals surface area contributed by atoms with Crippen molar-refractivity contribution in [3.05, 3.63) is 29.8 Å². The van der Waals surface area contributed by atoms with E-state index in [2.05, 4.69) is 4.72 Å². The van der Waals surface area contributed by atoms with E-state index in [0.29, 0.717) is 12.5 Å². The third-order valence-corrected chi connectivity index (χ3v) is 4.19. The summed E-state index contributed by atoms with van der Waals surface area (Å²) in [5.74, 6) is -1.76. The van der Waals surface area contributed by atoms with Gasteiger partial charge in [-0.05, 0) is 38.5 Å². The van der Waals surface area contributed by atoms with Crippen LogP contribution in [0.3, 0.4) is 0 Å². The first-order chi connectivity index (χ1) is 7.68. The van der Waals surface area contributed by atoms with Crippen molar-refractivity contribution < 1.29 is 17.2 Å². The largest absolute Gasteiger partial charge is 0.244 e. The molecule has 0 radical (unpaired) electrons. The zero-order valence-electron chi connectivity index (χ0n) is 9.92. The SMILES string of the molecule is CCC(C)(C)NS(=O)(=O)c1cc(F)ccc1F. The standard InChI is InChI=1S/C11H15F2NO2S/c1-4-11(2,3)14-17(15,16)10-7-8(12)5-6-9(10)13/h5-7,14H,4H2,1-3H3. The van der Waals surface area contributed by atoms with Crippen LogP contribution in [0.5, 0.6) is 0 Å². The first-order valence-corrected chi connectivity index (χ1v) is 6.65. The minimum Gasteiger partial charge on any atom is -0.207 e. The number of halogens is 2. The van der Waals surface area contributed by atoms with Crippen LogP contribution in [-0.4, -0.2) is 14.0 Å². The van der Waals surface area contributed by atoms with Crippen molar-refractivity contribution >= 4 is 10.0 Å². The van der Waals surface area contributed by atoms with E-state index in [1.807, 2.05) is 0 Å². The van der Waals surface area contributed by atoms with Gasteiger partial charge in [0.15, 0.2) is 0 Å². The van der Waals surface area contributed by atoms with Crippen LogP contribution in [-0.2, 0) is 10.0 Å². The second-order valence-electron chi connectivity index (χ2n) is 4.42. The number of hydrogen-bond donors (Lipinski definition) is 1. The zero-order chi connectivity index (χ0) is 13.3. The van der Waals surface area contributed by atoms with Gasteiger partial charge in [-0.15, -0.1) is 0 Å². The Kier molecular flexibility index (Phi) is 3.88. The Labute approximate surface area is 99.9 Å². The van der Waals surface area contributed by atoms with Gasteiger partial charge >= 0.3 is 0 Å². The fourth-order valence-electron chi connectivity index (χ4n) is 1.17. The lowest BCUT2D eigenvalue weighted by Crippen LogP contribution is -2.42. The van der Waals surface area contributed by atoms with Crippen molar-refractivity contribution in [3.8, 4) is 0 Å². The van der Waals surface area contributed by atoms with Crippen LogP contribution >= 0.6 is 0 Å². The van der Waals surface area contributed by atoms with Gasteiger partial charge in [-0.2, -0.15) is 0 Å². The summed E-state index contributed by atoms with van der Waals surface area (Å²) in [6.45, 7) is 5.13. The molecular weight excluding hydrogens is 248 g/mol. The van der Waals surface area contributed by atoms with Crippen LogP contribution in [0.25, 0.3) is 0 Å². The van der Waals surface area contributed by atoms with Crippen molar-refractivity contribution in [2.45, 2.75) is 37.6 Å². The maximum Gasteiger partial charge on any atom is 0.244 e. The third-order valence-electron chi connectivity index (χ3n) is 2.48. The fourth-order valence-corrected chi connectivity index (χ4v) is 2.75. The summed E-state index contributed by atoms with van der Waals surface area (Å²) >= 11 is 0. The monoisotopic (exact) mass is 263 g/mol. The van der Waals surface area contributed by atoms with Crippen molar-refractivity contribution in [2.75, 3.05) is 0 Å². The average Bonchev–Trinajstić information content (AvgIpc) is 2.20. The first kappa shape index (κ1) is 14.1. The molecule has 0 saturated carbocycles. The van der Waals surface area contributed by atoms with E-state index < -0.39 is 32.1 Å². The summed E-state index contributed by atoms with van der Waals surface area (Å²) in [4.78, 5) is -0.668. The molecule has 3 nitrogen and oxygen atoms in total. The molecule has 0 aliphatic heterocycles. The fraction of sp³-hybridized carbons (Fsp3) is 0.455. The van der Waals surface area contributed by atoms with Gasteiger partial charge < -0.3 is 0 Å². The Morgan fingerprint density at radius 2 is 1.88 bits per heavy atom. The van der Waals surface area contributed by atoms with Crippen LogP contribution in [0.2, 0.25) is 0 Å². The van der Waals surface area contributed by atoms with Gasteiger partial charge in [0, 0.05) is 5.54 Å². The Morgan fingerprint density at radius 1 is 1.29 bits per heavy atom. The van der Waals surface area contributed by atoms with E-state index in [4.69, 9.17) is 0 Å². The average molecular weight is 263 g/mol. The molecule has 0 aliphatic carbocycles. The summed E-state index contributed by atoms with van der Waals surface area (Å²) in [6.07, 6.45) is 0.531. The van der Waals surface area contributed by atoms with E-state index in [-0.39, 0.29) is 0 Å². The quantitative estimate of drug-likeness (QED) is 0.906. The molecule has 1 N–H and O–H groups in total. The molecule has 1 rings (SSSR count). The molecule has 0 heterocycles. The van der Waals surface area contributed by atoms with Gasteiger partial charge in [-0.1, -0.05) is 6.92 Å². The summed E-state index contributed by atoms with van der Waals surface area (Å²) in [5, 5.41) is 0. The Morgan fingerprint density at radius 3 is 2.41 bits per heavy atom. The predicted octanol–water partition coefficient (Wildman–Crippen LogP) is 2.43. The maximum atomic E-state index is 13.4. The number of nitrogens with one attached hydrogen (secondary N) is 1. The van der Waals surface area contributed by atoms with Crippen LogP contribution in [0.1, 0.15) is 27.2 Å². The summed E-state index contributed by atoms with van der Waals surface area (Å²) < 4.78 is 52.3. The van der Waals surface area contributed by atoms with E-state index in [0.717, 1.165) is 12.1 Å². The molecule has 0 unspecified atom stereocenters. The second kappa shape index (κ2) is 4.70. The molecule has 1 aromatic carbocycles. The molecule has 6 heteroatoms. The van der Waals surface area contributed by atoms with Gasteiger partial charge in [-0.3, -0.25) is 0 Å². The zero-order valence-corrected chi connectivity index (χ0v) is 10.7. The summed E-state index contributed by atoms with van der Waals surface area (Å²) in [5.41, 5.74) is -0.711. The number of hydrogen-bond acceptors (Lipinski definition) is 2. The molecule has 17 heavy (non-hydrogen) atoms. The van der Waals surface area contributed by atoms with E-state index in [1.165, 1.54) is 0 Å². The predicted molar refractivity (Wildman–Crippen MR) is 61.0 cm³/mol. The van der Waals surface area contributed by atoms with Crippen molar-refractivity contribution in [3.63, 3.8) is 0 Å². The highest BCUT2D eigenvalue weighted by Gasteiger charge is 2.27. The summed E-state index contributed by atoms with van der Waals surface area (Å²) in [7, 11) is -4.05. The van der Waals surface area contributed by atoms with E-state index in [9.17, 15) is 17.2 Å². The molecule has 0 amide bonds. The molecule has 0 fully saturated rings. The lowest BCUT2D eigenvalue weighted by molar-refractivity contribution is 0.436. The van der Waals surface area contributed by atoms with Crippen LogP contribution in [0, 0.1) is 11.6 Å². The van der Waals surface area contributed by atoms with Crippen molar-refractivity contribution in [2.24, 2.45) is 0 Å².